The zero-order chi connectivity index (χ0) is 7.73. The van der Waals surface area contributed by atoms with Gasteiger partial charge in [0.05, 0.1) is 0 Å². The van der Waals surface area contributed by atoms with Crippen LogP contribution < -0.4 is 5.73 Å². The van der Waals surface area contributed by atoms with Crippen LogP contribution in [0.4, 0.5) is 0 Å². The molecule has 0 amide bonds. The summed E-state index contributed by atoms with van der Waals surface area (Å²) in [6.45, 7) is 1.80. The molecule has 64 valence electrons. The number of ether oxygens (including phenoxy) is 1. The minimum atomic E-state index is 0.149. The lowest BCUT2D eigenvalue weighted by Crippen LogP contribution is -2.42. The standard InChI is InChI=1S/C9H17NO/c10-9(8-2-3-8)4-1-6-11-7-5-9/h8H,1-7,10H2. The molecule has 1 aliphatic heterocycles. The summed E-state index contributed by atoms with van der Waals surface area (Å²) >= 11 is 0. The summed E-state index contributed by atoms with van der Waals surface area (Å²) in [5.41, 5.74) is 6.43. The van der Waals surface area contributed by atoms with Gasteiger partial charge in [-0.15, -0.1) is 0 Å². The summed E-state index contributed by atoms with van der Waals surface area (Å²) in [7, 11) is 0. The molecule has 0 radical (unpaired) electrons. The Bertz CT molecular complexity index is 134. The SMILES string of the molecule is NC1(C2CC2)CCCOCC1. The molecular weight excluding hydrogens is 138 g/mol. The van der Waals surface area contributed by atoms with E-state index in [1.807, 2.05) is 0 Å². The number of nitrogens with two attached hydrogens (primary N) is 1. The highest BCUT2D eigenvalue weighted by Crippen LogP contribution is 2.43. The maximum absolute atomic E-state index is 6.28. The highest BCUT2D eigenvalue weighted by atomic mass is 16.5. The quantitative estimate of drug-likeness (QED) is 0.619. The predicted octanol–water partition coefficient (Wildman–Crippen LogP) is 1.29. The van der Waals surface area contributed by atoms with Crippen molar-refractivity contribution in [3.63, 3.8) is 0 Å². The van der Waals surface area contributed by atoms with Crippen molar-refractivity contribution >= 4 is 0 Å². The second kappa shape index (κ2) is 2.76. The molecule has 2 aliphatic rings. The third kappa shape index (κ3) is 1.57. The summed E-state index contributed by atoms with van der Waals surface area (Å²) in [5.74, 6) is 0.823. The molecule has 1 saturated heterocycles. The van der Waals surface area contributed by atoms with Gasteiger partial charge in [-0.1, -0.05) is 0 Å². The van der Waals surface area contributed by atoms with E-state index in [9.17, 15) is 0 Å². The first-order valence-electron chi connectivity index (χ1n) is 4.68. The van der Waals surface area contributed by atoms with E-state index >= 15 is 0 Å². The fourth-order valence-corrected chi connectivity index (χ4v) is 2.06. The van der Waals surface area contributed by atoms with E-state index in [1.165, 1.54) is 19.3 Å². The fourth-order valence-electron chi connectivity index (χ4n) is 2.06. The molecule has 1 heterocycles. The van der Waals surface area contributed by atoms with Crippen molar-refractivity contribution in [2.75, 3.05) is 13.2 Å². The van der Waals surface area contributed by atoms with E-state index in [4.69, 9.17) is 10.5 Å². The lowest BCUT2D eigenvalue weighted by atomic mass is 9.87. The van der Waals surface area contributed by atoms with Crippen molar-refractivity contribution < 1.29 is 4.74 Å². The van der Waals surface area contributed by atoms with Gasteiger partial charge in [0.25, 0.3) is 0 Å². The van der Waals surface area contributed by atoms with Gasteiger partial charge in [0.15, 0.2) is 0 Å². The Balaban J connectivity index is 1.96. The van der Waals surface area contributed by atoms with Crippen LogP contribution in [-0.4, -0.2) is 18.8 Å². The molecule has 1 aliphatic carbocycles. The second-order valence-corrected chi connectivity index (χ2v) is 3.97. The summed E-state index contributed by atoms with van der Waals surface area (Å²) < 4.78 is 5.39. The van der Waals surface area contributed by atoms with Crippen LogP contribution in [0.15, 0.2) is 0 Å². The minimum absolute atomic E-state index is 0.149. The van der Waals surface area contributed by atoms with Gasteiger partial charge in [-0.25, -0.2) is 0 Å². The van der Waals surface area contributed by atoms with Gasteiger partial charge in [-0.2, -0.15) is 0 Å². The van der Waals surface area contributed by atoms with Crippen LogP contribution in [0.2, 0.25) is 0 Å². The Kier molecular flexibility index (Phi) is 1.90. The second-order valence-electron chi connectivity index (χ2n) is 3.97. The fraction of sp³-hybridized carbons (Fsp3) is 1.00. The molecule has 2 heteroatoms. The van der Waals surface area contributed by atoms with Crippen molar-refractivity contribution in [3.05, 3.63) is 0 Å². The largest absolute Gasteiger partial charge is 0.381 e. The predicted molar refractivity (Wildman–Crippen MR) is 44.3 cm³/mol. The zero-order valence-corrected chi connectivity index (χ0v) is 7.01. The van der Waals surface area contributed by atoms with Crippen molar-refractivity contribution in [1.29, 1.82) is 0 Å². The van der Waals surface area contributed by atoms with Crippen molar-refractivity contribution in [1.82, 2.24) is 0 Å². The molecule has 2 N–H and O–H groups in total. The molecule has 2 nitrogen and oxygen atoms in total. The van der Waals surface area contributed by atoms with Crippen LogP contribution in [-0.2, 0) is 4.74 Å². The van der Waals surface area contributed by atoms with Gasteiger partial charge in [-0.3, -0.25) is 0 Å². The lowest BCUT2D eigenvalue weighted by Gasteiger charge is -2.26. The maximum atomic E-state index is 6.28. The smallest absolute Gasteiger partial charge is 0.0483 e. The van der Waals surface area contributed by atoms with Crippen LogP contribution in [0.25, 0.3) is 0 Å². The van der Waals surface area contributed by atoms with Gasteiger partial charge >= 0.3 is 0 Å². The molecule has 2 rings (SSSR count). The van der Waals surface area contributed by atoms with E-state index < -0.39 is 0 Å². The molecule has 0 bridgehead atoms. The Morgan fingerprint density at radius 2 is 2.00 bits per heavy atom. The van der Waals surface area contributed by atoms with E-state index in [0.29, 0.717) is 0 Å². The Morgan fingerprint density at radius 1 is 1.18 bits per heavy atom. The third-order valence-electron chi connectivity index (χ3n) is 3.03. The third-order valence-corrected chi connectivity index (χ3v) is 3.03. The Morgan fingerprint density at radius 3 is 2.73 bits per heavy atom. The van der Waals surface area contributed by atoms with Crippen molar-refractivity contribution in [2.24, 2.45) is 11.7 Å². The summed E-state index contributed by atoms with van der Waals surface area (Å²) in [5, 5.41) is 0. The molecule has 0 aromatic heterocycles. The number of rotatable bonds is 1. The van der Waals surface area contributed by atoms with Crippen LogP contribution >= 0.6 is 0 Å². The topological polar surface area (TPSA) is 35.2 Å². The number of hydrogen-bond acceptors (Lipinski definition) is 2. The molecule has 1 unspecified atom stereocenters. The van der Waals surface area contributed by atoms with E-state index in [2.05, 4.69) is 0 Å². The van der Waals surface area contributed by atoms with Gasteiger partial charge in [0.2, 0.25) is 0 Å². The normalized spacial score (nSPS) is 40.1. The minimum Gasteiger partial charge on any atom is -0.381 e. The Labute approximate surface area is 68.1 Å². The van der Waals surface area contributed by atoms with E-state index in [0.717, 1.165) is 32.0 Å². The maximum Gasteiger partial charge on any atom is 0.0483 e. The summed E-state index contributed by atoms with van der Waals surface area (Å²) in [4.78, 5) is 0. The molecule has 11 heavy (non-hydrogen) atoms. The molecule has 1 atom stereocenters. The van der Waals surface area contributed by atoms with Crippen LogP contribution in [0.1, 0.15) is 32.1 Å². The highest BCUT2D eigenvalue weighted by molar-refractivity contribution is 4.98. The summed E-state index contributed by atoms with van der Waals surface area (Å²) in [6, 6.07) is 0. The average Bonchev–Trinajstić information content (AvgIpc) is 2.70. The van der Waals surface area contributed by atoms with Crippen molar-refractivity contribution in [2.45, 2.75) is 37.6 Å². The van der Waals surface area contributed by atoms with Crippen LogP contribution in [0.5, 0.6) is 0 Å². The Hall–Kier alpha value is -0.0800. The van der Waals surface area contributed by atoms with Gasteiger partial charge in [0.1, 0.15) is 0 Å². The summed E-state index contributed by atoms with van der Waals surface area (Å²) in [6.07, 6.45) is 6.13. The molecular formula is C9H17NO. The average molecular weight is 155 g/mol. The molecule has 1 saturated carbocycles. The molecule has 0 spiro atoms. The van der Waals surface area contributed by atoms with Gasteiger partial charge in [0, 0.05) is 18.8 Å². The first-order chi connectivity index (χ1) is 5.31. The van der Waals surface area contributed by atoms with Gasteiger partial charge < -0.3 is 10.5 Å². The van der Waals surface area contributed by atoms with Crippen molar-refractivity contribution in [3.8, 4) is 0 Å². The molecule has 2 fully saturated rings. The first kappa shape index (κ1) is 7.56. The molecule has 0 aromatic carbocycles. The van der Waals surface area contributed by atoms with E-state index in [1.54, 1.807) is 0 Å². The van der Waals surface area contributed by atoms with Crippen LogP contribution in [0.3, 0.4) is 0 Å². The molecule has 0 aromatic rings. The number of hydrogen-bond donors (Lipinski definition) is 1. The zero-order valence-electron chi connectivity index (χ0n) is 7.01. The lowest BCUT2D eigenvalue weighted by molar-refractivity contribution is 0.138. The monoisotopic (exact) mass is 155 g/mol. The van der Waals surface area contributed by atoms with E-state index in [-0.39, 0.29) is 5.54 Å². The highest BCUT2D eigenvalue weighted by Gasteiger charge is 2.41. The first-order valence-corrected chi connectivity index (χ1v) is 4.68. The van der Waals surface area contributed by atoms with Crippen LogP contribution in [0, 0.1) is 5.92 Å². The van der Waals surface area contributed by atoms with Gasteiger partial charge in [-0.05, 0) is 38.0 Å².